The van der Waals surface area contributed by atoms with E-state index in [4.69, 9.17) is 0 Å². The van der Waals surface area contributed by atoms with Crippen molar-refractivity contribution in [3.63, 3.8) is 0 Å². The molecule has 0 spiro atoms. The molecule has 3 heterocycles. The van der Waals surface area contributed by atoms with Gasteiger partial charge in [-0.1, -0.05) is 73.3 Å². The van der Waals surface area contributed by atoms with E-state index in [-0.39, 0.29) is 22.3 Å². The smallest absolute Gasteiger partial charge is 0.0168 e. The molecule has 0 aliphatic carbocycles. The Morgan fingerprint density at radius 1 is 0.400 bits per heavy atom. The van der Waals surface area contributed by atoms with Gasteiger partial charge >= 0.3 is 0 Å². The summed E-state index contributed by atoms with van der Waals surface area (Å²) >= 11 is 0. The second kappa shape index (κ2) is 27.3. The van der Waals surface area contributed by atoms with Crippen LogP contribution in [0.1, 0.15) is 157 Å². The molecule has 0 aromatic rings. The number of nitrogens with zero attached hydrogens (tertiary/aromatic N) is 4. The fourth-order valence-electron chi connectivity index (χ4n) is 6.32. The lowest BCUT2D eigenvalue weighted by atomic mass is 9.95. The van der Waals surface area contributed by atoms with Crippen LogP contribution in [0, 0.1) is 11.8 Å². The number of hydrogen-bond acceptors (Lipinski definition) is 4. The predicted molar refractivity (Wildman–Crippen MR) is 210 cm³/mol. The van der Waals surface area contributed by atoms with Gasteiger partial charge in [0.05, 0.1) is 0 Å². The number of hydrogen-bond donors (Lipinski definition) is 0. The highest BCUT2D eigenvalue weighted by molar-refractivity contribution is 5.07. The summed E-state index contributed by atoms with van der Waals surface area (Å²) in [4.78, 5) is 10.4. The van der Waals surface area contributed by atoms with Crippen LogP contribution in [-0.4, -0.2) is 96.1 Å². The molecule has 3 aliphatic rings. The van der Waals surface area contributed by atoms with Gasteiger partial charge in [-0.15, -0.1) is 0 Å². The summed E-state index contributed by atoms with van der Waals surface area (Å²) in [5, 5.41) is 0. The van der Waals surface area contributed by atoms with E-state index in [9.17, 15) is 0 Å². The van der Waals surface area contributed by atoms with Crippen LogP contribution < -0.4 is 0 Å². The van der Waals surface area contributed by atoms with Crippen LogP contribution in [0.5, 0.6) is 0 Å². The lowest BCUT2D eigenvalue weighted by Crippen LogP contribution is -2.44. The third-order valence-electron chi connectivity index (χ3n) is 9.71. The Balaban J connectivity index is -0.000000569. The molecule has 0 aromatic carbocycles. The highest BCUT2D eigenvalue weighted by Crippen LogP contribution is 2.21. The van der Waals surface area contributed by atoms with Crippen molar-refractivity contribution in [1.82, 2.24) is 19.6 Å². The van der Waals surface area contributed by atoms with Crippen molar-refractivity contribution < 1.29 is 0 Å². The molecule has 4 nitrogen and oxygen atoms in total. The van der Waals surface area contributed by atoms with Crippen LogP contribution in [0.25, 0.3) is 0 Å². The molecule has 1 saturated heterocycles. The monoisotopic (exact) mass is 637 g/mol. The standard InChI is InChI=1S/2C13H25N.C12H26N2.3CH4/c2*1-11(2)13-7-5-6-9-14(10-8-13)12(3)4;1-11(2)13-7-5-6-8-14(10-9-13)12(3)4;;;/h8,11-12H,5-7,9-10H2,1-4H3;7,11-12H,5-6,8-10H2,1-4H3;11-12H,5-10H2,1-4H3;3*1H4/b13-8+;13-7+;;;;. The summed E-state index contributed by atoms with van der Waals surface area (Å²) < 4.78 is 0. The van der Waals surface area contributed by atoms with Gasteiger partial charge in [0, 0.05) is 50.3 Å². The summed E-state index contributed by atoms with van der Waals surface area (Å²) in [7, 11) is 0. The molecule has 4 heteroatoms. The molecule has 0 atom stereocenters. The highest BCUT2D eigenvalue weighted by atomic mass is 15.2. The molecule has 1 fully saturated rings. The van der Waals surface area contributed by atoms with Crippen molar-refractivity contribution in [2.24, 2.45) is 11.8 Å². The Morgan fingerprint density at radius 2 is 0.778 bits per heavy atom. The lowest BCUT2D eigenvalue weighted by Gasteiger charge is -2.34. The zero-order chi connectivity index (χ0) is 31.7. The summed E-state index contributed by atoms with van der Waals surface area (Å²) in [6, 6.07) is 2.82. The Hall–Kier alpha value is -0.680. The number of allylic oxidation sites excluding steroid dienone is 2. The molecular formula is C41H88N4. The first-order chi connectivity index (χ1) is 19.8. The maximum absolute atomic E-state index is 2.61. The van der Waals surface area contributed by atoms with Crippen molar-refractivity contribution in [2.45, 2.75) is 181 Å². The molecule has 0 radical (unpaired) electrons. The maximum atomic E-state index is 2.61. The van der Waals surface area contributed by atoms with Crippen LogP contribution in [-0.2, 0) is 0 Å². The van der Waals surface area contributed by atoms with Gasteiger partial charge in [-0.25, -0.2) is 0 Å². The molecule has 45 heavy (non-hydrogen) atoms. The summed E-state index contributed by atoms with van der Waals surface area (Å²) in [6.45, 7) is 37.7. The van der Waals surface area contributed by atoms with Gasteiger partial charge in [0.25, 0.3) is 0 Å². The Kier molecular flexibility index (Phi) is 29.5. The van der Waals surface area contributed by atoms with Gasteiger partial charge in [-0.3, -0.25) is 14.7 Å². The van der Waals surface area contributed by atoms with Gasteiger partial charge in [-0.2, -0.15) is 0 Å². The average molecular weight is 637 g/mol. The number of rotatable bonds is 6. The second-order valence-electron chi connectivity index (χ2n) is 14.9. The van der Waals surface area contributed by atoms with E-state index in [1.54, 1.807) is 11.1 Å². The van der Waals surface area contributed by atoms with E-state index in [2.05, 4.69) is 115 Å². The summed E-state index contributed by atoms with van der Waals surface area (Å²) in [6.07, 6.45) is 15.6. The third-order valence-corrected chi connectivity index (χ3v) is 9.71. The summed E-state index contributed by atoms with van der Waals surface area (Å²) in [5.74, 6) is 1.48. The zero-order valence-corrected chi connectivity index (χ0v) is 30.7. The molecule has 3 rings (SSSR count). The average Bonchev–Trinajstić information content (AvgIpc) is 2.83. The highest BCUT2D eigenvalue weighted by Gasteiger charge is 2.17. The van der Waals surface area contributed by atoms with Crippen molar-refractivity contribution in [3.05, 3.63) is 23.3 Å². The van der Waals surface area contributed by atoms with E-state index in [0.717, 1.165) is 18.4 Å². The zero-order valence-electron chi connectivity index (χ0n) is 30.7. The minimum Gasteiger partial charge on any atom is -0.301 e. The van der Waals surface area contributed by atoms with E-state index < -0.39 is 0 Å². The van der Waals surface area contributed by atoms with E-state index in [1.807, 2.05) is 0 Å². The normalized spacial score (nSPS) is 22.4. The maximum Gasteiger partial charge on any atom is 0.0168 e. The first kappa shape index (κ1) is 48.7. The molecular weight excluding hydrogens is 548 g/mol. The predicted octanol–water partition coefficient (Wildman–Crippen LogP) is 11.0. The Bertz CT molecular complexity index is 716. The van der Waals surface area contributed by atoms with E-state index in [0.29, 0.717) is 24.2 Å². The molecule has 0 bridgehead atoms. The van der Waals surface area contributed by atoms with Crippen LogP contribution in [0.15, 0.2) is 23.3 Å². The van der Waals surface area contributed by atoms with Crippen LogP contribution in [0.3, 0.4) is 0 Å². The van der Waals surface area contributed by atoms with Gasteiger partial charge in [-0.05, 0) is 145 Å². The topological polar surface area (TPSA) is 13.0 Å². The largest absolute Gasteiger partial charge is 0.301 e. The molecule has 0 saturated carbocycles. The van der Waals surface area contributed by atoms with Crippen LogP contribution in [0.4, 0.5) is 0 Å². The molecule has 272 valence electrons. The van der Waals surface area contributed by atoms with Gasteiger partial charge in [0.1, 0.15) is 0 Å². The SMILES string of the molecule is C.C.C.CC(C)/C1=C/CCCN(C(C)C)CC1.CC(C)/C1=C/CN(C(C)C)CCCC1.CC(C)N1CCCCN(C(C)C)CC1. The van der Waals surface area contributed by atoms with Gasteiger partial charge < -0.3 is 4.90 Å². The van der Waals surface area contributed by atoms with E-state index in [1.165, 1.54) is 97.2 Å². The molecule has 3 aliphatic heterocycles. The Morgan fingerprint density at radius 3 is 1.22 bits per heavy atom. The van der Waals surface area contributed by atoms with Crippen molar-refractivity contribution in [3.8, 4) is 0 Å². The van der Waals surface area contributed by atoms with Crippen molar-refractivity contribution in [2.75, 3.05) is 52.4 Å². The molecule has 0 aromatic heterocycles. The second-order valence-corrected chi connectivity index (χ2v) is 14.9. The molecule has 0 amide bonds. The summed E-state index contributed by atoms with van der Waals surface area (Å²) in [5.41, 5.74) is 3.32. The molecule has 0 N–H and O–H groups in total. The minimum atomic E-state index is 0. The Labute approximate surface area is 287 Å². The fourth-order valence-corrected chi connectivity index (χ4v) is 6.32. The van der Waals surface area contributed by atoms with E-state index >= 15 is 0 Å². The third kappa shape index (κ3) is 21.0. The lowest BCUT2D eigenvalue weighted by molar-refractivity contribution is 0.130. The van der Waals surface area contributed by atoms with Gasteiger partial charge in [0.2, 0.25) is 0 Å². The quantitative estimate of drug-likeness (QED) is 0.269. The fraction of sp³-hybridized carbons (Fsp3) is 0.902. The first-order valence-corrected chi connectivity index (χ1v) is 18.2. The van der Waals surface area contributed by atoms with Crippen molar-refractivity contribution >= 4 is 0 Å². The van der Waals surface area contributed by atoms with Crippen LogP contribution in [0.2, 0.25) is 0 Å². The first-order valence-electron chi connectivity index (χ1n) is 18.2. The minimum absolute atomic E-state index is 0. The molecule has 0 unspecified atom stereocenters. The van der Waals surface area contributed by atoms with Crippen molar-refractivity contribution in [1.29, 1.82) is 0 Å². The van der Waals surface area contributed by atoms with Gasteiger partial charge in [0.15, 0.2) is 0 Å². The van der Waals surface area contributed by atoms with Crippen LogP contribution >= 0.6 is 0 Å².